The van der Waals surface area contributed by atoms with E-state index in [-0.39, 0.29) is 11.8 Å². The average Bonchev–Trinajstić information content (AvgIpc) is 2.82. The van der Waals surface area contributed by atoms with Crippen LogP contribution in [0.3, 0.4) is 0 Å². The topological polar surface area (TPSA) is 41.1 Å². The van der Waals surface area contributed by atoms with Crippen LogP contribution < -0.4 is 10.6 Å². The summed E-state index contributed by atoms with van der Waals surface area (Å²) in [6, 6.07) is 0.476. The molecule has 14 heavy (non-hydrogen) atoms. The van der Waals surface area contributed by atoms with Crippen molar-refractivity contribution in [2.24, 2.45) is 17.8 Å². The molecule has 1 heterocycles. The molecule has 80 valence electrons. The lowest BCUT2D eigenvalue weighted by Crippen LogP contribution is -2.44. The summed E-state index contributed by atoms with van der Waals surface area (Å²) < 4.78 is 0. The van der Waals surface area contributed by atoms with E-state index in [9.17, 15) is 4.79 Å². The van der Waals surface area contributed by atoms with Crippen LogP contribution in [0.1, 0.15) is 26.7 Å². The molecule has 1 amide bonds. The lowest BCUT2D eigenvalue weighted by atomic mass is 9.87. The number of hydrogen-bond acceptors (Lipinski definition) is 2. The molecule has 0 aromatic rings. The van der Waals surface area contributed by atoms with Crippen LogP contribution in [0.5, 0.6) is 0 Å². The molecule has 2 fully saturated rings. The van der Waals surface area contributed by atoms with Crippen LogP contribution in [-0.4, -0.2) is 25.0 Å². The number of hydrogen-bond donors (Lipinski definition) is 2. The first-order valence-corrected chi connectivity index (χ1v) is 5.69. The fourth-order valence-corrected chi connectivity index (χ4v) is 2.22. The van der Waals surface area contributed by atoms with Crippen molar-refractivity contribution >= 4 is 5.91 Å². The molecule has 3 heteroatoms. The van der Waals surface area contributed by atoms with Gasteiger partial charge >= 0.3 is 0 Å². The molecule has 2 aliphatic rings. The van der Waals surface area contributed by atoms with E-state index < -0.39 is 0 Å². The van der Waals surface area contributed by atoms with Crippen LogP contribution in [-0.2, 0) is 4.79 Å². The summed E-state index contributed by atoms with van der Waals surface area (Å²) in [5.41, 5.74) is 0. The monoisotopic (exact) mass is 196 g/mol. The van der Waals surface area contributed by atoms with Gasteiger partial charge in [0.15, 0.2) is 0 Å². The molecular formula is C11H20N2O. The smallest absolute Gasteiger partial charge is 0.223 e. The van der Waals surface area contributed by atoms with Gasteiger partial charge in [-0.2, -0.15) is 0 Å². The van der Waals surface area contributed by atoms with E-state index in [1.54, 1.807) is 0 Å². The summed E-state index contributed by atoms with van der Waals surface area (Å²) in [5, 5.41) is 6.45. The van der Waals surface area contributed by atoms with Gasteiger partial charge in [-0.05, 0) is 37.8 Å². The van der Waals surface area contributed by atoms with Crippen LogP contribution in [0.15, 0.2) is 0 Å². The second-order valence-electron chi connectivity index (χ2n) is 4.90. The third-order valence-corrected chi connectivity index (χ3v) is 3.56. The average molecular weight is 196 g/mol. The van der Waals surface area contributed by atoms with Gasteiger partial charge in [-0.25, -0.2) is 0 Å². The molecule has 0 spiro atoms. The lowest BCUT2D eigenvalue weighted by molar-refractivity contribution is -0.127. The fourth-order valence-electron chi connectivity index (χ4n) is 2.22. The molecule has 4 unspecified atom stereocenters. The number of carbonyl (C=O) groups is 1. The molecule has 0 aromatic carbocycles. The van der Waals surface area contributed by atoms with Crippen molar-refractivity contribution in [1.82, 2.24) is 10.6 Å². The van der Waals surface area contributed by atoms with Crippen molar-refractivity contribution in [3.63, 3.8) is 0 Å². The second-order valence-corrected chi connectivity index (χ2v) is 4.90. The Morgan fingerprint density at radius 3 is 2.64 bits per heavy atom. The van der Waals surface area contributed by atoms with E-state index in [1.807, 2.05) is 0 Å². The van der Waals surface area contributed by atoms with Crippen molar-refractivity contribution in [3.05, 3.63) is 0 Å². The van der Waals surface area contributed by atoms with E-state index in [1.165, 1.54) is 6.42 Å². The molecular weight excluding hydrogens is 176 g/mol. The van der Waals surface area contributed by atoms with Gasteiger partial charge < -0.3 is 10.6 Å². The summed E-state index contributed by atoms with van der Waals surface area (Å²) in [4.78, 5) is 11.9. The summed E-state index contributed by atoms with van der Waals surface area (Å²) in [6.07, 6.45) is 2.17. The Bertz CT molecular complexity index is 229. The highest BCUT2D eigenvalue weighted by atomic mass is 16.2. The van der Waals surface area contributed by atoms with Crippen molar-refractivity contribution in [2.45, 2.75) is 32.7 Å². The van der Waals surface area contributed by atoms with Crippen LogP contribution in [0.25, 0.3) is 0 Å². The zero-order valence-electron chi connectivity index (χ0n) is 9.05. The molecule has 0 aromatic heterocycles. The van der Waals surface area contributed by atoms with Crippen LogP contribution in [0, 0.1) is 17.8 Å². The molecule has 1 saturated carbocycles. The van der Waals surface area contributed by atoms with Gasteiger partial charge in [0.05, 0.1) is 0 Å². The Labute approximate surface area is 85.6 Å². The summed E-state index contributed by atoms with van der Waals surface area (Å²) in [7, 11) is 0. The summed E-state index contributed by atoms with van der Waals surface area (Å²) in [5.74, 6) is 1.71. The van der Waals surface area contributed by atoms with Gasteiger partial charge in [0.2, 0.25) is 5.91 Å². The molecule has 3 nitrogen and oxygen atoms in total. The third-order valence-electron chi connectivity index (χ3n) is 3.56. The first kappa shape index (κ1) is 9.97. The number of amides is 1. The van der Waals surface area contributed by atoms with Crippen molar-refractivity contribution in [3.8, 4) is 0 Å². The van der Waals surface area contributed by atoms with E-state index in [0.717, 1.165) is 19.5 Å². The molecule has 1 aliphatic heterocycles. The zero-order chi connectivity index (χ0) is 10.1. The van der Waals surface area contributed by atoms with E-state index in [0.29, 0.717) is 17.9 Å². The standard InChI is InChI=1S/C11H20N2O/c1-7-5-10(7)13-11(14)9-3-4-12-6-8(9)2/h7-10,12H,3-6H2,1-2H3,(H,13,14). The molecule has 1 aliphatic carbocycles. The minimum atomic E-state index is 0.240. The summed E-state index contributed by atoms with van der Waals surface area (Å²) in [6.45, 7) is 6.32. The van der Waals surface area contributed by atoms with Crippen LogP contribution >= 0.6 is 0 Å². The molecule has 4 atom stereocenters. The van der Waals surface area contributed by atoms with Gasteiger partial charge in [-0.3, -0.25) is 4.79 Å². The largest absolute Gasteiger partial charge is 0.353 e. The highest BCUT2D eigenvalue weighted by Crippen LogP contribution is 2.30. The maximum atomic E-state index is 11.9. The van der Waals surface area contributed by atoms with Crippen molar-refractivity contribution in [1.29, 1.82) is 0 Å². The Morgan fingerprint density at radius 2 is 2.07 bits per heavy atom. The quantitative estimate of drug-likeness (QED) is 0.684. The van der Waals surface area contributed by atoms with Crippen LogP contribution in [0.2, 0.25) is 0 Å². The maximum Gasteiger partial charge on any atom is 0.223 e. The number of piperidine rings is 1. The van der Waals surface area contributed by atoms with Gasteiger partial charge in [0.1, 0.15) is 0 Å². The first-order chi connectivity index (χ1) is 6.68. The Balaban J connectivity index is 1.83. The molecule has 2 rings (SSSR count). The van der Waals surface area contributed by atoms with Crippen molar-refractivity contribution in [2.75, 3.05) is 13.1 Å². The normalized spacial score (nSPS) is 41.9. The Hall–Kier alpha value is -0.570. The Kier molecular flexibility index (Phi) is 2.77. The van der Waals surface area contributed by atoms with Gasteiger partial charge in [0.25, 0.3) is 0 Å². The highest BCUT2D eigenvalue weighted by molar-refractivity contribution is 5.79. The minimum Gasteiger partial charge on any atom is -0.353 e. The van der Waals surface area contributed by atoms with E-state index in [2.05, 4.69) is 24.5 Å². The number of rotatable bonds is 2. The Morgan fingerprint density at radius 1 is 1.36 bits per heavy atom. The molecule has 0 bridgehead atoms. The summed E-state index contributed by atoms with van der Waals surface area (Å²) >= 11 is 0. The van der Waals surface area contributed by atoms with E-state index in [4.69, 9.17) is 0 Å². The minimum absolute atomic E-state index is 0.240. The third kappa shape index (κ3) is 2.08. The number of nitrogens with one attached hydrogen (secondary N) is 2. The second kappa shape index (κ2) is 3.89. The first-order valence-electron chi connectivity index (χ1n) is 5.69. The number of carbonyl (C=O) groups excluding carboxylic acids is 1. The predicted molar refractivity (Wildman–Crippen MR) is 55.9 cm³/mol. The molecule has 2 N–H and O–H groups in total. The van der Waals surface area contributed by atoms with Gasteiger partial charge in [-0.15, -0.1) is 0 Å². The van der Waals surface area contributed by atoms with E-state index >= 15 is 0 Å². The highest BCUT2D eigenvalue weighted by Gasteiger charge is 2.36. The maximum absolute atomic E-state index is 11.9. The fraction of sp³-hybridized carbons (Fsp3) is 0.909. The zero-order valence-corrected chi connectivity index (χ0v) is 9.05. The van der Waals surface area contributed by atoms with Gasteiger partial charge in [0, 0.05) is 12.0 Å². The van der Waals surface area contributed by atoms with Crippen molar-refractivity contribution < 1.29 is 4.79 Å². The van der Waals surface area contributed by atoms with Crippen LogP contribution in [0.4, 0.5) is 0 Å². The molecule has 0 radical (unpaired) electrons. The van der Waals surface area contributed by atoms with Gasteiger partial charge in [-0.1, -0.05) is 13.8 Å². The predicted octanol–water partition coefficient (Wildman–Crippen LogP) is 0.757. The SMILES string of the molecule is CC1CC1NC(=O)C1CCNCC1C. The molecule has 1 saturated heterocycles. The lowest BCUT2D eigenvalue weighted by Gasteiger charge is -2.28.